The Hall–Kier alpha value is -3.23. The number of hydrogen-bond acceptors (Lipinski definition) is 8. The van der Waals surface area contributed by atoms with Crippen molar-refractivity contribution in [2.24, 2.45) is 5.41 Å². The highest BCUT2D eigenvalue weighted by Gasteiger charge is 2.39. The van der Waals surface area contributed by atoms with Crippen LogP contribution in [0.3, 0.4) is 0 Å². The number of carbonyl (C=O) groups is 2. The lowest BCUT2D eigenvalue weighted by molar-refractivity contribution is 0.0505. The molecule has 9 nitrogen and oxygen atoms in total. The highest BCUT2D eigenvalue weighted by molar-refractivity contribution is 5.93. The van der Waals surface area contributed by atoms with Gasteiger partial charge in [-0.25, -0.2) is 19.7 Å². The summed E-state index contributed by atoms with van der Waals surface area (Å²) in [5.74, 6) is 1.23. The standard InChI is InChI=1S/C29H42N6O3/c1-18(2)24-25(31-16-29(7)10-9-11-29)30-15-21(33-24)26(36)35-13-12-34(17-28(35,5)6)22-14-19(3)23(20(4)32-22)27(37)38-8/h14-15,18H,9-13,16-17H2,1-8H3,(H,30,31). The van der Waals surface area contributed by atoms with Crippen LogP contribution in [0.4, 0.5) is 11.6 Å². The van der Waals surface area contributed by atoms with Gasteiger partial charge in [0.15, 0.2) is 0 Å². The summed E-state index contributed by atoms with van der Waals surface area (Å²) in [6, 6.07) is 1.92. The van der Waals surface area contributed by atoms with Gasteiger partial charge in [0.1, 0.15) is 17.3 Å². The van der Waals surface area contributed by atoms with E-state index < -0.39 is 5.54 Å². The molecule has 2 fully saturated rings. The van der Waals surface area contributed by atoms with E-state index in [2.05, 4.69) is 49.8 Å². The molecule has 1 amide bonds. The topological polar surface area (TPSA) is 101 Å². The number of aromatic nitrogens is 3. The molecule has 38 heavy (non-hydrogen) atoms. The summed E-state index contributed by atoms with van der Waals surface area (Å²) in [6.07, 6.45) is 5.35. The van der Waals surface area contributed by atoms with Gasteiger partial charge >= 0.3 is 5.97 Å². The maximum atomic E-state index is 13.7. The molecule has 1 N–H and O–H groups in total. The molecule has 1 aliphatic carbocycles. The molecule has 2 aromatic heterocycles. The first-order valence-corrected chi connectivity index (χ1v) is 13.6. The lowest BCUT2D eigenvalue weighted by atomic mass is 9.70. The summed E-state index contributed by atoms with van der Waals surface area (Å²) in [5, 5.41) is 3.51. The second kappa shape index (κ2) is 10.5. The predicted octanol–water partition coefficient (Wildman–Crippen LogP) is 4.74. The minimum Gasteiger partial charge on any atom is -0.465 e. The van der Waals surface area contributed by atoms with Crippen molar-refractivity contribution >= 4 is 23.5 Å². The van der Waals surface area contributed by atoms with Gasteiger partial charge in [-0.15, -0.1) is 0 Å². The maximum Gasteiger partial charge on any atom is 0.339 e. The summed E-state index contributed by atoms with van der Waals surface area (Å²) < 4.78 is 4.91. The van der Waals surface area contributed by atoms with Crippen LogP contribution in [0, 0.1) is 19.3 Å². The average Bonchev–Trinajstić information content (AvgIpc) is 2.84. The molecule has 0 unspecified atom stereocenters. The van der Waals surface area contributed by atoms with Crippen LogP contribution in [-0.4, -0.2) is 70.6 Å². The van der Waals surface area contributed by atoms with Gasteiger partial charge in [0.2, 0.25) is 0 Å². The molecule has 2 aliphatic rings. The van der Waals surface area contributed by atoms with E-state index in [9.17, 15) is 9.59 Å². The van der Waals surface area contributed by atoms with Gasteiger partial charge in [0.25, 0.3) is 5.91 Å². The van der Waals surface area contributed by atoms with E-state index in [0.717, 1.165) is 29.4 Å². The molecule has 0 aromatic carbocycles. The number of ether oxygens (including phenoxy) is 1. The first-order chi connectivity index (χ1) is 17.8. The summed E-state index contributed by atoms with van der Waals surface area (Å²) in [6.45, 7) is 16.9. The number of piperazine rings is 1. The molecule has 1 aliphatic heterocycles. The highest BCUT2D eigenvalue weighted by Crippen LogP contribution is 2.40. The minimum atomic E-state index is -0.463. The van der Waals surface area contributed by atoms with Crippen molar-refractivity contribution in [1.29, 1.82) is 0 Å². The molecule has 1 saturated heterocycles. The van der Waals surface area contributed by atoms with Crippen LogP contribution in [0.25, 0.3) is 0 Å². The molecule has 9 heteroatoms. The molecule has 1 saturated carbocycles. The number of rotatable bonds is 7. The van der Waals surface area contributed by atoms with E-state index in [4.69, 9.17) is 14.7 Å². The van der Waals surface area contributed by atoms with Gasteiger partial charge in [0.05, 0.1) is 35.8 Å². The third-order valence-electron chi connectivity index (χ3n) is 8.05. The van der Waals surface area contributed by atoms with Gasteiger partial charge in [-0.3, -0.25) is 4.79 Å². The molecule has 0 radical (unpaired) electrons. The van der Waals surface area contributed by atoms with E-state index >= 15 is 0 Å². The average molecular weight is 523 g/mol. The fraction of sp³-hybridized carbons (Fsp3) is 0.621. The number of methoxy groups -OCH3 is 1. The Morgan fingerprint density at radius 2 is 1.84 bits per heavy atom. The highest BCUT2D eigenvalue weighted by atomic mass is 16.5. The maximum absolute atomic E-state index is 13.7. The van der Waals surface area contributed by atoms with Crippen LogP contribution in [0.15, 0.2) is 12.3 Å². The molecule has 0 atom stereocenters. The molecule has 0 bridgehead atoms. The second-order valence-electron chi connectivity index (χ2n) is 12.1. The van der Waals surface area contributed by atoms with Gasteiger partial charge in [-0.2, -0.15) is 0 Å². The van der Waals surface area contributed by atoms with Gasteiger partial charge < -0.3 is 19.9 Å². The third kappa shape index (κ3) is 5.47. The second-order valence-corrected chi connectivity index (χ2v) is 12.1. The van der Waals surface area contributed by atoms with Crippen LogP contribution >= 0.6 is 0 Å². The van der Waals surface area contributed by atoms with Crippen molar-refractivity contribution in [1.82, 2.24) is 19.9 Å². The predicted molar refractivity (Wildman–Crippen MR) is 149 cm³/mol. The van der Waals surface area contributed by atoms with Crippen LogP contribution in [-0.2, 0) is 4.74 Å². The van der Waals surface area contributed by atoms with E-state index in [1.807, 2.05) is 24.8 Å². The fourth-order valence-corrected chi connectivity index (χ4v) is 5.55. The molecule has 2 aromatic rings. The monoisotopic (exact) mass is 522 g/mol. The zero-order valence-corrected chi connectivity index (χ0v) is 24.1. The van der Waals surface area contributed by atoms with E-state index in [-0.39, 0.29) is 17.8 Å². The van der Waals surface area contributed by atoms with Crippen LogP contribution in [0.5, 0.6) is 0 Å². The lowest BCUT2D eigenvalue weighted by Crippen LogP contribution is -2.61. The molecule has 3 heterocycles. The van der Waals surface area contributed by atoms with Crippen molar-refractivity contribution in [3.05, 3.63) is 40.5 Å². The van der Waals surface area contributed by atoms with Gasteiger partial charge in [0, 0.05) is 26.2 Å². The van der Waals surface area contributed by atoms with Gasteiger partial charge in [-0.1, -0.05) is 27.2 Å². The molecular formula is C29H42N6O3. The Morgan fingerprint density at radius 1 is 1.13 bits per heavy atom. The number of esters is 1. The van der Waals surface area contributed by atoms with Crippen molar-refractivity contribution in [3.8, 4) is 0 Å². The summed E-state index contributed by atoms with van der Waals surface area (Å²) in [5.41, 5.74) is 3.03. The Balaban J connectivity index is 1.51. The SMILES string of the molecule is COC(=O)c1c(C)cc(N2CCN(C(=O)c3cnc(NCC4(C)CCC4)c(C(C)C)n3)C(C)(C)C2)nc1C. The lowest BCUT2D eigenvalue weighted by Gasteiger charge is -2.47. The Bertz CT molecular complexity index is 1200. The Labute approximate surface area is 226 Å². The van der Waals surface area contributed by atoms with Crippen LogP contribution in [0.1, 0.15) is 97.6 Å². The van der Waals surface area contributed by atoms with Crippen LogP contribution in [0.2, 0.25) is 0 Å². The van der Waals surface area contributed by atoms with Crippen molar-refractivity contribution in [3.63, 3.8) is 0 Å². The fourth-order valence-electron chi connectivity index (χ4n) is 5.55. The number of anilines is 2. The minimum absolute atomic E-state index is 0.108. The third-order valence-corrected chi connectivity index (χ3v) is 8.05. The Morgan fingerprint density at radius 3 is 2.39 bits per heavy atom. The number of pyridine rings is 1. The number of amides is 1. The van der Waals surface area contributed by atoms with E-state index in [0.29, 0.717) is 42.0 Å². The number of nitrogens with zero attached hydrogens (tertiary/aromatic N) is 5. The Kier molecular flexibility index (Phi) is 7.68. The summed E-state index contributed by atoms with van der Waals surface area (Å²) in [4.78, 5) is 44.1. The van der Waals surface area contributed by atoms with Crippen molar-refractivity contribution in [2.45, 2.75) is 79.2 Å². The smallest absolute Gasteiger partial charge is 0.339 e. The molecule has 0 spiro atoms. The zero-order chi connectivity index (χ0) is 27.8. The largest absolute Gasteiger partial charge is 0.465 e. The van der Waals surface area contributed by atoms with Crippen molar-refractivity contribution < 1.29 is 14.3 Å². The van der Waals surface area contributed by atoms with E-state index in [1.54, 1.807) is 6.20 Å². The molecule has 4 rings (SSSR count). The van der Waals surface area contributed by atoms with E-state index in [1.165, 1.54) is 26.4 Å². The summed E-state index contributed by atoms with van der Waals surface area (Å²) in [7, 11) is 1.38. The number of aryl methyl sites for hydroxylation is 2. The molecular weight excluding hydrogens is 480 g/mol. The molecule has 206 valence electrons. The first kappa shape index (κ1) is 27.8. The summed E-state index contributed by atoms with van der Waals surface area (Å²) >= 11 is 0. The quantitative estimate of drug-likeness (QED) is 0.521. The zero-order valence-electron chi connectivity index (χ0n) is 24.1. The number of hydrogen-bond donors (Lipinski definition) is 1. The first-order valence-electron chi connectivity index (χ1n) is 13.6. The van der Waals surface area contributed by atoms with Gasteiger partial charge in [-0.05, 0) is 63.5 Å². The van der Waals surface area contributed by atoms with Crippen molar-refractivity contribution in [2.75, 3.05) is 43.5 Å². The van der Waals surface area contributed by atoms with Crippen LogP contribution < -0.4 is 10.2 Å². The normalized spacial score (nSPS) is 18.2. The number of carbonyl (C=O) groups excluding carboxylic acids is 2. The number of nitrogens with one attached hydrogen (secondary N) is 1.